The summed E-state index contributed by atoms with van der Waals surface area (Å²) < 4.78 is 0. The second kappa shape index (κ2) is 4.31. The zero-order chi connectivity index (χ0) is 10.7. The SMILES string of the molecule is Cc1cc(CC(=O)c2cncnc2)cs1. The number of aromatic nitrogens is 2. The molecule has 3 nitrogen and oxygen atoms in total. The van der Waals surface area contributed by atoms with Gasteiger partial charge in [0, 0.05) is 23.7 Å². The van der Waals surface area contributed by atoms with Crippen LogP contribution in [-0.4, -0.2) is 15.8 Å². The molecule has 0 N–H and O–H groups in total. The minimum absolute atomic E-state index is 0.0633. The van der Waals surface area contributed by atoms with Crippen molar-refractivity contribution in [1.82, 2.24) is 9.97 Å². The first-order chi connectivity index (χ1) is 7.25. The number of aryl methyl sites for hydroxylation is 1. The fourth-order valence-electron chi connectivity index (χ4n) is 1.32. The first-order valence-corrected chi connectivity index (χ1v) is 5.46. The number of ketones is 1. The minimum Gasteiger partial charge on any atom is -0.294 e. The molecule has 0 fully saturated rings. The molecule has 0 unspecified atom stereocenters. The number of nitrogens with zero attached hydrogens (tertiary/aromatic N) is 2. The van der Waals surface area contributed by atoms with Crippen molar-refractivity contribution in [3.8, 4) is 0 Å². The van der Waals surface area contributed by atoms with E-state index in [9.17, 15) is 4.79 Å². The van der Waals surface area contributed by atoms with Gasteiger partial charge in [-0.15, -0.1) is 11.3 Å². The molecule has 2 rings (SSSR count). The third kappa shape index (κ3) is 2.47. The normalized spacial score (nSPS) is 10.2. The number of rotatable bonds is 3. The topological polar surface area (TPSA) is 42.9 Å². The average molecular weight is 218 g/mol. The summed E-state index contributed by atoms with van der Waals surface area (Å²) in [7, 11) is 0. The third-order valence-electron chi connectivity index (χ3n) is 2.03. The van der Waals surface area contributed by atoms with Gasteiger partial charge in [0.15, 0.2) is 5.78 Å². The summed E-state index contributed by atoms with van der Waals surface area (Å²) in [4.78, 5) is 20.6. The summed E-state index contributed by atoms with van der Waals surface area (Å²) >= 11 is 1.66. The van der Waals surface area contributed by atoms with Crippen LogP contribution >= 0.6 is 11.3 Å². The predicted molar refractivity (Wildman–Crippen MR) is 59.1 cm³/mol. The first-order valence-electron chi connectivity index (χ1n) is 4.58. The van der Waals surface area contributed by atoms with E-state index in [0.29, 0.717) is 12.0 Å². The van der Waals surface area contributed by atoms with Crippen molar-refractivity contribution in [2.24, 2.45) is 0 Å². The lowest BCUT2D eigenvalue weighted by atomic mass is 10.1. The monoisotopic (exact) mass is 218 g/mol. The molecule has 2 heterocycles. The Kier molecular flexibility index (Phi) is 2.87. The molecule has 0 atom stereocenters. The maximum Gasteiger partial charge on any atom is 0.170 e. The van der Waals surface area contributed by atoms with E-state index in [1.165, 1.54) is 11.2 Å². The molecule has 0 bridgehead atoms. The third-order valence-corrected chi connectivity index (χ3v) is 2.94. The van der Waals surface area contributed by atoms with Crippen LogP contribution in [0.15, 0.2) is 30.2 Å². The number of carbonyl (C=O) groups excluding carboxylic acids is 1. The Morgan fingerprint density at radius 2 is 2.13 bits per heavy atom. The molecule has 2 aromatic rings. The van der Waals surface area contributed by atoms with Crippen molar-refractivity contribution >= 4 is 17.1 Å². The molecule has 0 aliphatic carbocycles. The van der Waals surface area contributed by atoms with E-state index in [-0.39, 0.29) is 5.78 Å². The molecule has 0 saturated heterocycles. The second-order valence-corrected chi connectivity index (χ2v) is 4.41. The van der Waals surface area contributed by atoms with Crippen LogP contribution in [0, 0.1) is 6.92 Å². The van der Waals surface area contributed by atoms with Gasteiger partial charge < -0.3 is 0 Å². The molecule has 0 amide bonds. The van der Waals surface area contributed by atoms with Gasteiger partial charge >= 0.3 is 0 Å². The van der Waals surface area contributed by atoms with Gasteiger partial charge in [0.1, 0.15) is 6.33 Å². The molecule has 0 spiro atoms. The van der Waals surface area contributed by atoms with Gasteiger partial charge in [0.05, 0.1) is 5.56 Å². The van der Waals surface area contributed by atoms with E-state index in [2.05, 4.69) is 9.97 Å². The number of carbonyl (C=O) groups is 1. The highest BCUT2D eigenvalue weighted by Gasteiger charge is 2.08. The number of Topliss-reactive ketones (excluding diaryl/α,β-unsaturated/α-hetero) is 1. The van der Waals surface area contributed by atoms with Gasteiger partial charge in [-0.2, -0.15) is 0 Å². The fourth-order valence-corrected chi connectivity index (χ4v) is 2.03. The number of hydrogen-bond acceptors (Lipinski definition) is 4. The van der Waals surface area contributed by atoms with Gasteiger partial charge in [-0.1, -0.05) is 0 Å². The standard InChI is InChI=1S/C11H10N2OS/c1-8-2-9(6-15-8)3-11(14)10-4-12-7-13-5-10/h2,4-7H,3H2,1H3. The lowest BCUT2D eigenvalue weighted by Gasteiger charge is -1.96. The van der Waals surface area contributed by atoms with E-state index >= 15 is 0 Å². The van der Waals surface area contributed by atoms with Crippen LogP contribution in [0.3, 0.4) is 0 Å². The molecule has 0 aromatic carbocycles. The molecule has 0 aliphatic rings. The van der Waals surface area contributed by atoms with Crippen molar-refractivity contribution in [3.05, 3.63) is 46.2 Å². The van der Waals surface area contributed by atoms with Gasteiger partial charge in [-0.25, -0.2) is 9.97 Å². The van der Waals surface area contributed by atoms with Crippen molar-refractivity contribution in [2.75, 3.05) is 0 Å². The summed E-state index contributed by atoms with van der Waals surface area (Å²) in [5, 5.41) is 2.01. The Hall–Kier alpha value is -1.55. The molecule has 2 aromatic heterocycles. The lowest BCUT2D eigenvalue weighted by Crippen LogP contribution is -2.03. The van der Waals surface area contributed by atoms with Crippen LogP contribution < -0.4 is 0 Å². The highest BCUT2D eigenvalue weighted by Crippen LogP contribution is 2.15. The van der Waals surface area contributed by atoms with Crippen LogP contribution in [0.1, 0.15) is 20.8 Å². The Labute approximate surface area is 91.8 Å². The Morgan fingerprint density at radius 1 is 1.40 bits per heavy atom. The summed E-state index contributed by atoms with van der Waals surface area (Å²) in [6.45, 7) is 2.03. The largest absolute Gasteiger partial charge is 0.294 e. The molecule has 0 aliphatic heterocycles. The number of thiophene rings is 1. The van der Waals surface area contributed by atoms with Gasteiger partial charge in [0.2, 0.25) is 0 Å². The maximum atomic E-state index is 11.7. The van der Waals surface area contributed by atoms with E-state index in [1.54, 1.807) is 23.7 Å². The molecule has 76 valence electrons. The highest BCUT2D eigenvalue weighted by molar-refractivity contribution is 7.10. The van der Waals surface area contributed by atoms with Crippen molar-refractivity contribution in [1.29, 1.82) is 0 Å². The number of hydrogen-bond donors (Lipinski definition) is 0. The molecular formula is C11H10N2OS. The van der Waals surface area contributed by atoms with Crippen LogP contribution in [0.25, 0.3) is 0 Å². The van der Waals surface area contributed by atoms with E-state index in [1.807, 2.05) is 18.4 Å². The fraction of sp³-hybridized carbons (Fsp3) is 0.182. The van der Waals surface area contributed by atoms with Crippen LogP contribution in [0.2, 0.25) is 0 Å². The first kappa shape index (κ1) is 9.98. The molecule has 0 radical (unpaired) electrons. The van der Waals surface area contributed by atoms with Crippen molar-refractivity contribution in [2.45, 2.75) is 13.3 Å². The smallest absolute Gasteiger partial charge is 0.170 e. The Bertz CT molecular complexity index is 464. The molecule has 4 heteroatoms. The van der Waals surface area contributed by atoms with Gasteiger partial charge in [-0.05, 0) is 23.9 Å². The summed E-state index contributed by atoms with van der Waals surface area (Å²) in [5.41, 5.74) is 1.63. The maximum absolute atomic E-state index is 11.7. The van der Waals surface area contributed by atoms with E-state index in [0.717, 1.165) is 5.56 Å². The Balaban J connectivity index is 2.11. The highest BCUT2D eigenvalue weighted by atomic mass is 32.1. The zero-order valence-corrected chi connectivity index (χ0v) is 9.12. The predicted octanol–water partition coefficient (Wildman–Crippen LogP) is 2.27. The van der Waals surface area contributed by atoms with Gasteiger partial charge in [0.25, 0.3) is 0 Å². The zero-order valence-electron chi connectivity index (χ0n) is 8.30. The van der Waals surface area contributed by atoms with E-state index in [4.69, 9.17) is 0 Å². The van der Waals surface area contributed by atoms with Crippen molar-refractivity contribution in [3.63, 3.8) is 0 Å². The lowest BCUT2D eigenvalue weighted by molar-refractivity contribution is 0.0992. The Morgan fingerprint density at radius 3 is 2.73 bits per heavy atom. The van der Waals surface area contributed by atoms with Crippen LogP contribution in [0.4, 0.5) is 0 Å². The summed E-state index contributed by atoms with van der Waals surface area (Å²) in [6, 6.07) is 2.03. The summed E-state index contributed by atoms with van der Waals surface area (Å²) in [6.07, 6.45) is 4.95. The quantitative estimate of drug-likeness (QED) is 0.742. The van der Waals surface area contributed by atoms with E-state index < -0.39 is 0 Å². The molecule has 15 heavy (non-hydrogen) atoms. The second-order valence-electron chi connectivity index (χ2n) is 3.29. The van der Waals surface area contributed by atoms with Crippen LogP contribution in [0.5, 0.6) is 0 Å². The minimum atomic E-state index is 0.0633. The molecule has 0 saturated carbocycles. The van der Waals surface area contributed by atoms with Crippen molar-refractivity contribution < 1.29 is 4.79 Å². The average Bonchev–Trinajstić information content (AvgIpc) is 2.65. The van der Waals surface area contributed by atoms with Crippen LogP contribution in [-0.2, 0) is 6.42 Å². The summed E-state index contributed by atoms with van der Waals surface area (Å²) in [5.74, 6) is 0.0633. The molecular weight excluding hydrogens is 208 g/mol. The van der Waals surface area contributed by atoms with Gasteiger partial charge in [-0.3, -0.25) is 4.79 Å².